The van der Waals surface area contributed by atoms with E-state index in [9.17, 15) is 39.3 Å². The third kappa shape index (κ3) is 14.3. The van der Waals surface area contributed by atoms with Crippen molar-refractivity contribution in [3.8, 4) is 0 Å². The number of cyclic esters (lactones) is 1. The number of hydrogen-bond donors (Lipinski definition) is 3. The van der Waals surface area contributed by atoms with Gasteiger partial charge in [-0.3, -0.25) is 19.2 Å². The SMILES string of the molecule is COC1C[C@@H]2CCC(C)[C@@](O)(O2)C(=O)C(=O)N2CCCC[C@@H]2C(=O)O[C@@H](C(C)CC2CCC(O)C(OC)C2)CC(=O)C(C)C=C(C)C(O)C(OC)C(=O)C(C)CC(C)C=CC=CC=C1C. The molecule has 0 aromatic carbocycles. The topological polar surface area (TPSA) is 195 Å². The molecule has 14 heteroatoms. The summed E-state index contributed by atoms with van der Waals surface area (Å²) < 4.78 is 29.4. The van der Waals surface area contributed by atoms with Crippen LogP contribution < -0.4 is 0 Å². The Balaban J connectivity index is 1.70. The normalized spacial score (nSPS) is 37.8. The first-order valence-corrected chi connectivity index (χ1v) is 23.9. The van der Waals surface area contributed by atoms with Gasteiger partial charge < -0.3 is 43.9 Å². The predicted molar refractivity (Wildman–Crippen MR) is 245 cm³/mol. The van der Waals surface area contributed by atoms with Crippen LogP contribution in [-0.2, 0) is 47.7 Å². The van der Waals surface area contributed by atoms with Crippen LogP contribution in [0.2, 0.25) is 0 Å². The molecular formula is C51H79NO13. The molecule has 0 radical (unpaired) electrons. The van der Waals surface area contributed by atoms with Gasteiger partial charge in [0.25, 0.3) is 11.7 Å². The Bertz CT molecular complexity index is 1760. The number of ketones is 3. The van der Waals surface area contributed by atoms with Crippen molar-refractivity contribution in [1.82, 2.24) is 4.90 Å². The summed E-state index contributed by atoms with van der Waals surface area (Å²) >= 11 is 0. The van der Waals surface area contributed by atoms with Gasteiger partial charge >= 0.3 is 5.97 Å². The molecule has 1 amide bonds. The van der Waals surface area contributed by atoms with Gasteiger partial charge in [-0.15, -0.1) is 0 Å². The lowest BCUT2D eigenvalue weighted by Crippen LogP contribution is -2.61. The quantitative estimate of drug-likeness (QED) is 0.156. The number of allylic oxidation sites excluding steroid dienone is 6. The van der Waals surface area contributed by atoms with Gasteiger partial charge in [0.1, 0.15) is 30.1 Å². The molecule has 3 heterocycles. The van der Waals surface area contributed by atoms with E-state index in [1.165, 1.54) is 12.0 Å². The van der Waals surface area contributed by atoms with Crippen LogP contribution in [-0.4, -0.2) is 132 Å². The second-order valence-electron chi connectivity index (χ2n) is 19.6. The maximum atomic E-state index is 14.4. The van der Waals surface area contributed by atoms with Crippen LogP contribution in [0.3, 0.4) is 0 Å². The lowest BCUT2D eigenvalue weighted by Gasteiger charge is -2.42. The molecular weight excluding hydrogens is 835 g/mol. The zero-order chi connectivity index (χ0) is 48.2. The molecule has 0 aromatic heterocycles. The smallest absolute Gasteiger partial charge is 0.329 e. The van der Waals surface area contributed by atoms with Crippen molar-refractivity contribution in [3.05, 3.63) is 47.6 Å². The Labute approximate surface area is 387 Å². The minimum Gasteiger partial charge on any atom is -0.460 e. The Hall–Kier alpha value is -3.37. The average Bonchev–Trinajstić information content (AvgIpc) is 3.28. The monoisotopic (exact) mass is 914 g/mol. The van der Waals surface area contributed by atoms with Gasteiger partial charge in [0.05, 0.1) is 24.4 Å². The highest BCUT2D eigenvalue weighted by Gasteiger charge is 2.53. The minimum atomic E-state index is -2.43. The lowest BCUT2D eigenvalue weighted by atomic mass is 9.78. The lowest BCUT2D eigenvalue weighted by molar-refractivity contribution is -0.265. The second-order valence-corrected chi connectivity index (χ2v) is 19.6. The number of aliphatic hydroxyl groups excluding tert-OH is 2. The van der Waals surface area contributed by atoms with Crippen molar-refractivity contribution >= 4 is 29.2 Å². The van der Waals surface area contributed by atoms with Crippen LogP contribution >= 0.6 is 0 Å². The van der Waals surface area contributed by atoms with E-state index in [1.807, 2.05) is 58.1 Å². The van der Waals surface area contributed by atoms with Crippen LogP contribution in [0.25, 0.3) is 0 Å². The number of esters is 1. The van der Waals surface area contributed by atoms with E-state index in [0.29, 0.717) is 63.4 Å². The Kier molecular flexibility index (Phi) is 21.0. The van der Waals surface area contributed by atoms with Crippen molar-refractivity contribution in [2.45, 2.75) is 180 Å². The number of amides is 1. The first-order valence-electron chi connectivity index (χ1n) is 23.9. The average molecular weight is 914 g/mol. The third-order valence-corrected chi connectivity index (χ3v) is 14.5. The fraction of sp³-hybridized carbons (Fsp3) is 0.745. The highest BCUT2D eigenvalue weighted by atomic mass is 16.6. The highest BCUT2D eigenvalue weighted by Crippen LogP contribution is 2.38. The van der Waals surface area contributed by atoms with Gasteiger partial charge in [-0.2, -0.15) is 0 Å². The minimum absolute atomic E-state index is 0.0193. The largest absolute Gasteiger partial charge is 0.460 e. The van der Waals surface area contributed by atoms with Gasteiger partial charge in [0, 0.05) is 58.5 Å². The van der Waals surface area contributed by atoms with Gasteiger partial charge in [-0.05, 0) is 107 Å². The van der Waals surface area contributed by atoms with E-state index < -0.39 is 83.9 Å². The van der Waals surface area contributed by atoms with Gasteiger partial charge in [0.2, 0.25) is 5.79 Å². The molecule has 1 aliphatic carbocycles. The molecule has 4 rings (SSSR count). The maximum Gasteiger partial charge on any atom is 0.329 e. The van der Waals surface area contributed by atoms with E-state index in [2.05, 4.69) is 0 Å². The zero-order valence-corrected chi connectivity index (χ0v) is 40.6. The number of Topliss-reactive ketones (excluding diaryl/α,β-unsaturated/α-hetero) is 3. The number of carbonyl (C=O) groups is 5. The number of aliphatic hydroxyl groups is 3. The zero-order valence-electron chi connectivity index (χ0n) is 40.6. The maximum absolute atomic E-state index is 14.4. The van der Waals surface area contributed by atoms with Crippen LogP contribution in [0.1, 0.15) is 126 Å². The fourth-order valence-electron chi connectivity index (χ4n) is 10.1. The van der Waals surface area contributed by atoms with Crippen molar-refractivity contribution in [2.75, 3.05) is 27.9 Å². The Morgan fingerprint density at radius 3 is 2.25 bits per heavy atom. The van der Waals surface area contributed by atoms with Gasteiger partial charge in [0.15, 0.2) is 5.78 Å². The summed E-state index contributed by atoms with van der Waals surface area (Å²) in [7, 11) is 4.52. The molecule has 1 saturated carbocycles. The summed E-state index contributed by atoms with van der Waals surface area (Å²) in [4.78, 5) is 71.8. The molecule has 4 aliphatic rings. The second kappa shape index (κ2) is 25.1. The molecule has 65 heavy (non-hydrogen) atoms. The summed E-state index contributed by atoms with van der Waals surface area (Å²) in [6.45, 7) is 12.7. The van der Waals surface area contributed by atoms with E-state index in [4.69, 9.17) is 23.7 Å². The number of ether oxygens (including phenoxy) is 5. The molecule has 2 bridgehead atoms. The van der Waals surface area contributed by atoms with Crippen molar-refractivity contribution in [2.24, 2.45) is 35.5 Å². The fourth-order valence-corrected chi connectivity index (χ4v) is 10.1. The van der Waals surface area contributed by atoms with E-state index in [1.54, 1.807) is 41.1 Å². The number of rotatable bonds is 6. The van der Waals surface area contributed by atoms with Crippen LogP contribution in [0, 0.1) is 35.5 Å². The molecule has 366 valence electrons. The van der Waals surface area contributed by atoms with Crippen molar-refractivity contribution in [1.29, 1.82) is 0 Å². The first-order chi connectivity index (χ1) is 30.7. The number of piperidine rings is 1. The standard InChI is InChI=1S/C51H79NO13/c1-30-16-12-11-13-17-31(2)42(61-8)28-38-21-19-36(7)51(60,65-38)48(57)49(58)52-23-15-14-18-39(52)50(59)64-43(33(4)26-37-20-22-40(53)44(27-37)62-9)29-41(54)32(3)25-35(6)46(56)47(63-10)45(55)34(5)24-30/h11-13,16-17,25,30,32-34,36-40,42-44,46-47,53,56,60H,14-15,18-24,26-29H2,1-10H3/t30?,32?,33?,34?,36?,37?,38-,39+,40?,42?,43+,44?,46?,47?,51+/m0/s1. The molecule has 14 nitrogen and oxygen atoms in total. The Morgan fingerprint density at radius 1 is 0.846 bits per heavy atom. The van der Waals surface area contributed by atoms with Crippen LogP contribution in [0.4, 0.5) is 0 Å². The van der Waals surface area contributed by atoms with Crippen molar-refractivity contribution in [3.63, 3.8) is 0 Å². The third-order valence-electron chi connectivity index (χ3n) is 14.5. The summed E-state index contributed by atoms with van der Waals surface area (Å²) in [6.07, 6.45) is 11.2. The number of fused-ring (bicyclic) bond motifs is 3. The molecule has 3 N–H and O–H groups in total. The number of nitrogens with zero attached hydrogens (tertiary/aromatic N) is 1. The molecule has 2 saturated heterocycles. The van der Waals surface area contributed by atoms with Crippen LogP contribution in [0.5, 0.6) is 0 Å². The predicted octanol–water partition coefficient (Wildman–Crippen LogP) is 6.18. The summed E-state index contributed by atoms with van der Waals surface area (Å²) in [5.41, 5.74) is 1.27. The number of carbonyl (C=O) groups excluding carboxylic acids is 5. The number of hydrogen-bond acceptors (Lipinski definition) is 13. The molecule has 15 atom stereocenters. The van der Waals surface area contributed by atoms with E-state index >= 15 is 0 Å². The summed E-state index contributed by atoms with van der Waals surface area (Å²) in [5.74, 6) is -7.96. The van der Waals surface area contributed by atoms with Gasteiger partial charge in [-0.25, -0.2) is 4.79 Å². The molecule has 0 aromatic rings. The summed E-state index contributed by atoms with van der Waals surface area (Å²) in [5, 5.41) is 33.8. The molecule has 3 fully saturated rings. The van der Waals surface area contributed by atoms with Crippen molar-refractivity contribution < 1.29 is 63.0 Å². The molecule has 3 aliphatic heterocycles. The highest BCUT2D eigenvalue weighted by molar-refractivity contribution is 6.39. The molecule has 11 unspecified atom stereocenters. The number of methoxy groups -OCH3 is 3. The van der Waals surface area contributed by atoms with Gasteiger partial charge in [-0.1, -0.05) is 71.1 Å². The van der Waals surface area contributed by atoms with Crippen LogP contribution in [0.15, 0.2) is 47.6 Å². The van der Waals surface area contributed by atoms with E-state index in [0.717, 1.165) is 12.0 Å². The molecule has 0 spiro atoms. The Morgan fingerprint density at radius 2 is 1.57 bits per heavy atom. The van der Waals surface area contributed by atoms with E-state index in [-0.39, 0.29) is 54.8 Å². The summed E-state index contributed by atoms with van der Waals surface area (Å²) in [6, 6.07) is -1.14. The first kappa shape index (κ1) is 54.2.